The summed E-state index contributed by atoms with van der Waals surface area (Å²) in [7, 11) is 2.05. The number of nitrogens with one attached hydrogen (secondary N) is 1. The Kier molecular flexibility index (Phi) is 4.46. The highest BCUT2D eigenvalue weighted by atomic mass is 79.9. The first-order valence-corrected chi connectivity index (χ1v) is 7.39. The van der Waals surface area contributed by atoms with Crippen LogP contribution in [0.2, 0.25) is 0 Å². The van der Waals surface area contributed by atoms with E-state index in [2.05, 4.69) is 54.2 Å². The number of hydrogen-bond acceptors (Lipinski definition) is 2. The summed E-state index contributed by atoms with van der Waals surface area (Å²) in [5.41, 5.74) is 4.04. The molecule has 1 aliphatic heterocycles. The average Bonchev–Trinajstić information content (AvgIpc) is 2.73. The minimum Gasteiger partial charge on any atom is -0.378 e. The first kappa shape index (κ1) is 14.0. The Morgan fingerprint density at radius 1 is 1.33 bits per heavy atom. The van der Waals surface area contributed by atoms with Crippen molar-refractivity contribution in [3.8, 4) is 0 Å². The first-order valence-electron chi connectivity index (χ1n) is 6.60. The number of aryl methyl sites for hydroxylation is 2. The molecule has 0 aromatic heterocycles. The fourth-order valence-electron chi connectivity index (χ4n) is 2.92. The number of rotatable bonds is 3. The molecule has 1 aromatic carbocycles. The van der Waals surface area contributed by atoms with Gasteiger partial charge < -0.3 is 10.1 Å². The lowest BCUT2D eigenvalue weighted by molar-refractivity contribution is 0.0962. The van der Waals surface area contributed by atoms with Gasteiger partial charge in [0.1, 0.15) is 0 Å². The van der Waals surface area contributed by atoms with Crippen LogP contribution in [0.5, 0.6) is 0 Å². The van der Waals surface area contributed by atoms with Crippen LogP contribution in [-0.2, 0) is 4.74 Å². The van der Waals surface area contributed by atoms with E-state index in [0.29, 0.717) is 18.1 Å². The predicted octanol–water partition coefficient (Wildman–Crippen LogP) is 3.75. The SMILES string of the molecule is CNC(c1cc(C)c(Br)cc1C)C1CCOC1C. The van der Waals surface area contributed by atoms with Crippen molar-refractivity contribution in [2.75, 3.05) is 13.7 Å². The van der Waals surface area contributed by atoms with Gasteiger partial charge >= 0.3 is 0 Å². The Labute approximate surface area is 118 Å². The molecular weight excluding hydrogens is 290 g/mol. The van der Waals surface area contributed by atoms with Crippen LogP contribution in [0.1, 0.15) is 36.1 Å². The zero-order valence-electron chi connectivity index (χ0n) is 11.6. The molecule has 0 amide bonds. The van der Waals surface area contributed by atoms with Gasteiger partial charge in [0.05, 0.1) is 6.10 Å². The molecule has 1 heterocycles. The average molecular weight is 312 g/mol. The molecule has 0 bridgehead atoms. The summed E-state index contributed by atoms with van der Waals surface area (Å²) in [6.45, 7) is 7.40. The summed E-state index contributed by atoms with van der Waals surface area (Å²) >= 11 is 3.60. The van der Waals surface area contributed by atoms with Crippen molar-refractivity contribution >= 4 is 15.9 Å². The molecule has 1 saturated heterocycles. The second-order valence-electron chi connectivity index (χ2n) is 5.25. The van der Waals surface area contributed by atoms with Crippen LogP contribution < -0.4 is 5.32 Å². The molecule has 1 aromatic rings. The molecule has 2 nitrogen and oxygen atoms in total. The maximum Gasteiger partial charge on any atom is 0.0594 e. The van der Waals surface area contributed by atoms with E-state index in [4.69, 9.17) is 4.74 Å². The molecule has 3 heteroatoms. The van der Waals surface area contributed by atoms with Crippen LogP contribution in [0.3, 0.4) is 0 Å². The molecule has 18 heavy (non-hydrogen) atoms. The van der Waals surface area contributed by atoms with Gasteiger partial charge in [-0.2, -0.15) is 0 Å². The molecule has 100 valence electrons. The van der Waals surface area contributed by atoms with Gasteiger partial charge in [-0.1, -0.05) is 22.0 Å². The van der Waals surface area contributed by atoms with Gasteiger partial charge in [-0.15, -0.1) is 0 Å². The number of benzene rings is 1. The van der Waals surface area contributed by atoms with E-state index < -0.39 is 0 Å². The van der Waals surface area contributed by atoms with Crippen LogP contribution >= 0.6 is 15.9 Å². The van der Waals surface area contributed by atoms with Gasteiger partial charge in [-0.3, -0.25) is 0 Å². The van der Waals surface area contributed by atoms with Crippen LogP contribution in [0.4, 0.5) is 0 Å². The largest absolute Gasteiger partial charge is 0.378 e. The summed E-state index contributed by atoms with van der Waals surface area (Å²) in [6, 6.07) is 4.90. The van der Waals surface area contributed by atoms with Gasteiger partial charge in [0.2, 0.25) is 0 Å². The van der Waals surface area contributed by atoms with Gasteiger partial charge in [-0.05, 0) is 57.0 Å². The summed E-state index contributed by atoms with van der Waals surface area (Å²) in [5.74, 6) is 0.564. The Morgan fingerprint density at radius 3 is 2.61 bits per heavy atom. The van der Waals surface area contributed by atoms with Crippen molar-refractivity contribution in [1.29, 1.82) is 0 Å². The molecule has 0 spiro atoms. The minimum absolute atomic E-state index is 0.339. The van der Waals surface area contributed by atoms with Crippen LogP contribution in [0.25, 0.3) is 0 Å². The lowest BCUT2D eigenvalue weighted by atomic mass is 9.86. The third kappa shape index (κ3) is 2.63. The standard InChI is InChI=1S/C15H22BrNO/c1-9-8-14(16)10(2)7-13(9)15(17-4)12-5-6-18-11(12)3/h7-8,11-12,15,17H,5-6H2,1-4H3. The highest BCUT2D eigenvalue weighted by molar-refractivity contribution is 9.10. The topological polar surface area (TPSA) is 21.3 Å². The van der Waals surface area contributed by atoms with Crippen molar-refractivity contribution < 1.29 is 4.74 Å². The van der Waals surface area contributed by atoms with E-state index >= 15 is 0 Å². The zero-order valence-corrected chi connectivity index (χ0v) is 13.2. The molecule has 0 saturated carbocycles. The fraction of sp³-hybridized carbons (Fsp3) is 0.600. The van der Waals surface area contributed by atoms with Gasteiger partial charge in [-0.25, -0.2) is 0 Å². The van der Waals surface area contributed by atoms with Crippen molar-refractivity contribution in [3.63, 3.8) is 0 Å². The van der Waals surface area contributed by atoms with Crippen molar-refractivity contribution in [3.05, 3.63) is 33.3 Å². The Hall–Kier alpha value is -0.380. The molecule has 1 aliphatic rings. The first-order chi connectivity index (χ1) is 8.54. The van der Waals surface area contributed by atoms with E-state index in [-0.39, 0.29) is 0 Å². The van der Waals surface area contributed by atoms with E-state index in [9.17, 15) is 0 Å². The highest BCUT2D eigenvalue weighted by Gasteiger charge is 2.32. The smallest absolute Gasteiger partial charge is 0.0594 e. The monoisotopic (exact) mass is 311 g/mol. The van der Waals surface area contributed by atoms with Crippen molar-refractivity contribution in [2.24, 2.45) is 5.92 Å². The van der Waals surface area contributed by atoms with E-state index in [1.165, 1.54) is 21.2 Å². The second-order valence-corrected chi connectivity index (χ2v) is 6.11. The third-order valence-electron chi connectivity index (χ3n) is 4.06. The fourth-order valence-corrected chi connectivity index (χ4v) is 3.38. The number of halogens is 1. The summed E-state index contributed by atoms with van der Waals surface area (Å²) in [6.07, 6.45) is 1.48. The van der Waals surface area contributed by atoms with Crippen LogP contribution in [0.15, 0.2) is 16.6 Å². The Morgan fingerprint density at radius 2 is 2.06 bits per heavy atom. The molecule has 1 fully saturated rings. The third-order valence-corrected chi connectivity index (χ3v) is 4.91. The normalized spacial score (nSPS) is 25.4. The minimum atomic E-state index is 0.339. The maximum absolute atomic E-state index is 5.71. The molecule has 1 N–H and O–H groups in total. The zero-order chi connectivity index (χ0) is 13.3. The second kappa shape index (κ2) is 5.72. The predicted molar refractivity (Wildman–Crippen MR) is 78.9 cm³/mol. The lowest BCUT2D eigenvalue weighted by Gasteiger charge is -2.27. The molecule has 3 unspecified atom stereocenters. The van der Waals surface area contributed by atoms with Gasteiger partial charge in [0, 0.05) is 23.0 Å². The van der Waals surface area contributed by atoms with Gasteiger partial charge in [0.25, 0.3) is 0 Å². The molecule has 3 atom stereocenters. The van der Waals surface area contributed by atoms with Gasteiger partial charge in [0.15, 0.2) is 0 Å². The maximum atomic E-state index is 5.71. The highest BCUT2D eigenvalue weighted by Crippen LogP contribution is 2.35. The lowest BCUT2D eigenvalue weighted by Crippen LogP contribution is -2.30. The van der Waals surface area contributed by atoms with Crippen LogP contribution in [-0.4, -0.2) is 19.8 Å². The summed E-state index contributed by atoms with van der Waals surface area (Å²) in [4.78, 5) is 0. The van der Waals surface area contributed by atoms with Crippen LogP contribution in [0, 0.1) is 19.8 Å². The number of hydrogen-bond donors (Lipinski definition) is 1. The Bertz CT molecular complexity index is 433. The van der Waals surface area contributed by atoms with Crippen molar-refractivity contribution in [1.82, 2.24) is 5.32 Å². The number of ether oxygens (including phenoxy) is 1. The van der Waals surface area contributed by atoms with E-state index in [0.717, 1.165) is 13.0 Å². The van der Waals surface area contributed by atoms with Crippen molar-refractivity contribution in [2.45, 2.75) is 39.3 Å². The van der Waals surface area contributed by atoms with E-state index in [1.54, 1.807) is 0 Å². The molecule has 0 aliphatic carbocycles. The summed E-state index contributed by atoms with van der Waals surface area (Å²) < 4.78 is 6.90. The summed E-state index contributed by atoms with van der Waals surface area (Å²) in [5, 5.41) is 3.48. The molecular formula is C15H22BrNO. The molecule has 0 radical (unpaired) electrons. The van der Waals surface area contributed by atoms with E-state index in [1.807, 2.05) is 7.05 Å². The Balaban J connectivity index is 2.35. The molecule has 2 rings (SSSR count). The quantitative estimate of drug-likeness (QED) is 0.918.